The predicted octanol–water partition coefficient (Wildman–Crippen LogP) is 3.12. The average molecular weight is 255 g/mol. The Bertz CT molecular complexity index is 483. The molecular weight excluding hydrogens is 238 g/mol. The van der Waals surface area contributed by atoms with E-state index < -0.39 is 0 Å². The van der Waals surface area contributed by atoms with Gasteiger partial charge in [-0.15, -0.1) is 0 Å². The zero-order chi connectivity index (χ0) is 13.8. The molecule has 0 aliphatic carbocycles. The number of nitrogens with zero attached hydrogens (tertiary/aromatic N) is 1. The zero-order valence-corrected chi connectivity index (χ0v) is 10.6. The van der Waals surface area contributed by atoms with Crippen LogP contribution in [0.4, 0.5) is 5.69 Å². The second-order valence-corrected chi connectivity index (χ2v) is 3.53. The van der Waals surface area contributed by atoms with Crippen LogP contribution in [0.1, 0.15) is 5.56 Å². The number of para-hydroxylation sites is 1. The van der Waals surface area contributed by atoms with Crippen molar-refractivity contribution in [1.29, 1.82) is 5.41 Å². The molecule has 0 unspecified atom stereocenters. The minimum Gasteiger partial charge on any atom is -0.479 e. The van der Waals surface area contributed by atoms with Gasteiger partial charge in [-0.1, -0.05) is 48.5 Å². The van der Waals surface area contributed by atoms with Crippen LogP contribution in [-0.2, 0) is 11.3 Å². The number of hydrogen-bond acceptors (Lipinski definition) is 3. The fraction of sp³-hybridized carbons (Fsp3) is 0.0667. The summed E-state index contributed by atoms with van der Waals surface area (Å²) >= 11 is 0. The van der Waals surface area contributed by atoms with Crippen LogP contribution in [0.3, 0.4) is 0 Å². The smallest absolute Gasteiger partial charge is 0.167 e. The maximum atomic E-state index is 6.60. The van der Waals surface area contributed by atoms with Gasteiger partial charge in [0.15, 0.2) is 6.40 Å². The average Bonchev–Trinajstić information content (AvgIpc) is 2.48. The third-order valence-electron chi connectivity index (χ3n) is 2.16. The monoisotopic (exact) mass is 255 g/mol. The molecule has 0 radical (unpaired) electrons. The fourth-order valence-electron chi connectivity index (χ4n) is 1.31. The van der Waals surface area contributed by atoms with Crippen LogP contribution < -0.4 is 5.73 Å². The standard InChI is InChI=1S/C8H9NO.C7H8N2/c9-7-10-6-8-4-2-1-3-5-8;8-6-9-7-4-2-1-3-5-7/h1-5,7,9H,6H2;1-6H,(H2,8,9). The molecule has 3 N–H and O–H groups in total. The van der Waals surface area contributed by atoms with Crippen molar-refractivity contribution in [2.24, 2.45) is 10.7 Å². The summed E-state index contributed by atoms with van der Waals surface area (Å²) in [5, 5.41) is 6.60. The van der Waals surface area contributed by atoms with Gasteiger partial charge in [0, 0.05) is 0 Å². The Balaban J connectivity index is 0.000000191. The fourth-order valence-corrected chi connectivity index (χ4v) is 1.31. The van der Waals surface area contributed by atoms with Crippen LogP contribution in [0.15, 0.2) is 65.7 Å². The lowest BCUT2D eigenvalue weighted by molar-refractivity contribution is 0.305. The van der Waals surface area contributed by atoms with Crippen LogP contribution in [0, 0.1) is 5.41 Å². The van der Waals surface area contributed by atoms with Crippen molar-refractivity contribution in [2.45, 2.75) is 6.61 Å². The molecule has 19 heavy (non-hydrogen) atoms. The van der Waals surface area contributed by atoms with E-state index in [1.165, 1.54) is 6.34 Å². The van der Waals surface area contributed by atoms with Gasteiger partial charge in [0.2, 0.25) is 0 Å². The van der Waals surface area contributed by atoms with E-state index in [1.807, 2.05) is 60.7 Å². The molecule has 0 aliphatic heterocycles. The first-order chi connectivity index (χ1) is 9.36. The van der Waals surface area contributed by atoms with E-state index in [4.69, 9.17) is 15.9 Å². The van der Waals surface area contributed by atoms with E-state index in [-0.39, 0.29) is 0 Å². The van der Waals surface area contributed by atoms with Crippen molar-refractivity contribution in [3.63, 3.8) is 0 Å². The van der Waals surface area contributed by atoms with Gasteiger partial charge in [0.25, 0.3) is 0 Å². The maximum Gasteiger partial charge on any atom is 0.167 e. The summed E-state index contributed by atoms with van der Waals surface area (Å²) in [4.78, 5) is 3.86. The van der Waals surface area contributed by atoms with Crippen molar-refractivity contribution in [3.8, 4) is 0 Å². The summed E-state index contributed by atoms with van der Waals surface area (Å²) in [5.41, 5.74) is 7.05. The van der Waals surface area contributed by atoms with Crippen molar-refractivity contribution in [2.75, 3.05) is 0 Å². The second kappa shape index (κ2) is 9.41. The summed E-state index contributed by atoms with van der Waals surface area (Å²) in [7, 11) is 0. The summed E-state index contributed by atoms with van der Waals surface area (Å²) < 4.78 is 4.76. The number of aliphatic imine (C=N–C) groups is 1. The molecule has 2 aromatic carbocycles. The number of rotatable bonds is 4. The molecule has 2 aromatic rings. The Hall–Kier alpha value is -2.62. The minimum absolute atomic E-state index is 0.490. The van der Waals surface area contributed by atoms with Gasteiger partial charge in [-0.25, -0.2) is 4.99 Å². The van der Waals surface area contributed by atoms with Crippen LogP contribution in [0.5, 0.6) is 0 Å². The summed E-state index contributed by atoms with van der Waals surface area (Å²) in [6, 6.07) is 19.3. The van der Waals surface area contributed by atoms with Gasteiger partial charge >= 0.3 is 0 Å². The lowest BCUT2D eigenvalue weighted by Crippen LogP contribution is -1.87. The Morgan fingerprint density at radius 2 is 1.58 bits per heavy atom. The molecule has 4 heteroatoms. The van der Waals surface area contributed by atoms with Gasteiger partial charge in [0.1, 0.15) is 6.61 Å². The van der Waals surface area contributed by atoms with E-state index in [0.29, 0.717) is 6.61 Å². The van der Waals surface area contributed by atoms with E-state index in [2.05, 4.69) is 4.99 Å². The molecule has 0 fully saturated rings. The molecule has 0 aromatic heterocycles. The largest absolute Gasteiger partial charge is 0.479 e. The first-order valence-electron chi connectivity index (χ1n) is 5.80. The number of nitrogens with two attached hydrogens (primary N) is 1. The normalized spacial score (nSPS) is 9.47. The lowest BCUT2D eigenvalue weighted by Gasteiger charge is -1.97. The van der Waals surface area contributed by atoms with Crippen LogP contribution in [0.25, 0.3) is 0 Å². The highest BCUT2D eigenvalue weighted by atomic mass is 16.5. The number of benzene rings is 2. The molecule has 0 spiro atoms. The molecule has 0 amide bonds. The van der Waals surface area contributed by atoms with Crippen molar-refractivity contribution in [1.82, 2.24) is 0 Å². The van der Waals surface area contributed by atoms with Gasteiger partial charge < -0.3 is 10.5 Å². The van der Waals surface area contributed by atoms with Crippen LogP contribution in [-0.4, -0.2) is 12.7 Å². The topological polar surface area (TPSA) is 71.5 Å². The molecule has 0 bridgehead atoms. The van der Waals surface area contributed by atoms with Crippen LogP contribution >= 0.6 is 0 Å². The molecule has 4 nitrogen and oxygen atoms in total. The van der Waals surface area contributed by atoms with Gasteiger partial charge in [0.05, 0.1) is 12.0 Å². The number of nitrogens with one attached hydrogen (secondary N) is 1. The predicted molar refractivity (Wildman–Crippen MR) is 78.8 cm³/mol. The highest BCUT2D eigenvalue weighted by Crippen LogP contribution is 2.07. The molecule has 2 rings (SSSR count). The number of ether oxygens (including phenoxy) is 1. The van der Waals surface area contributed by atoms with Gasteiger partial charge in [-0.2, -0.15) is 0 Å². The van der Waals surface area contributed by atoms with Crippen molar-refractivity contribution >= 4 is 18.4 Å². The van der Waals surface area contributed by atoms with Crippen molar-refractivity contribution in [3.05, 3.63) is 66.2 Å². The third kappa shape index (κ3) is 6.63. The molecule has 0 saturated carbocycles. The Morgan fingerprint density at radius 1 is 1.00 bits per heavy atom. The van der Waals surface area contributed by atoms with E-state index >= 15 is 0 Å². The number of hydrogen-bond donors (Lipinski definition) is 2. The SMILES string of the molecule is N=COCc1ccccc1.NC=Nc1ccccc1. The summed E-state index contributed by atoms with van der Waals surface area (Å²) in [6.45, 7) is 0.490. The second-order valence-electron chi connectivity index (χ2n) is 3.53. The summed E-state index contributed by atoms with van der Waals surface area (Å²) in [5.74, 6) is 0. The first-order valence-corrected chi connectivity index (χ1v) is 5.80. The zero-order valence-electron chi connectivity index (χ0n) is 10.6. The van der Waals surface area contributed by atoms with E-state index in [1.54, 1.807) is 0 Å². The Labute approximate surface area is 113 Å². The van der Waals surface area contributed by atoms with Gasteiger partial charge in [-0.05, 0) is 17.7 Å². The van der Waals surface area contributed by atoms with E-state index in [0.717, 1.165) is 17.7 Å². The molecular formula is C15H17N3O. The highest BCUT2D eigenvalue weighted by Gasteiger charge is 1.86. The molecule has 0 saturated heterocycles. The third-order valence-corrected chi connectivity index (χ3v) is 2.16. The van der Waals surface area contributed by atoms with Crippen molar-refractivity contribution < 1.29 is 4.74 Å². The first kappa shape index (κ1) is 14.4. The Morgan fingerprint density at radius 3 is 2.11 bits per heavy atom. The minimum atomic E-state index is 0.490. The van der Waals surface area contributed by atoms with Gasteiger partial charge in [-0.3, -0.25) is 5.41 Å². The quantitative estimate of drug-likeness (QED) is 0.651. The highest BCUT2D eigenvalue weighted by molar-refractivity contribution is 5.58. The maximum absolute atomic E-state index is 6.60. The Kier molecular flexibility index (Phi) is 7.16. The van der Waals surface area contributed by atoms with Crippen LogP contribution in [0.2, 0.25) is 0 Å². The lowest BCUT2D eigenvalue weighted by atomic mass is 10.2. The molecule has 0 aliphatic rings. The van der Waals surface area contributed by atoms with E-state index in [9.17, 15) is 0 Å². The summed E-state index contributed by atoms with van der Waals surface area (Å²) in [6.07, 6.45) is 2.24. The molecule has 0 heterocycles. The molecule has 0 atom stereocenters. The molecule has 98 valence electrons.